The number of carbonyl (C=O) groups excluding carboxylic acids is 1. The number of aromatic nitrogens is 4. The molecule has 0 aliphatic heterocycles. The second-order valence-electron chi connectivity index (χ2n) is 7.73. The zero-order valence-corrected chi connectivity index (χ0v) is 17.9. The van der Waals surface area contributed by atoms with Crippen molar-refractivity contribution in [2.75, 3.05) is 5.75 Å². The molecule has 1 aliphatic rings. The molecule has 0 atom stereocenters. The Morgan fingerprint density at radius 1 is 0.906 bits per heavy atom. The number of carbonyl (C=O) groups is 1. The highest BCUT2D eigenvalue weighted by Gasteiger charge is 2.20. The molecule has 154 valence electrons. The summed E-state index contributed by atoms with van der Waals surface area (Å²) >= 11 is 1.43. The van der Waals surface area contributed by atoms with Gasteiger partial charge in [0, 0.05) is 5.56 Å². The second kappa shape index (κ2) is 7.73. The Bertz CT molecular complexity index is 1480. The minimum Gasteiger partial charge on any atom is -0.293 e. The summed E-state index contributed by atoms with van der Waals surface area (Å²) in [4.78, 5) is 21.8. The van der Waals surface area contributed by atoms with Crippen LogP contribution >= 0.6 is 11.8 Å². The van der Waals surface area contributed by atoms with Gasteiger partial charge in [-0.1, -0.05) is 66.4 Å². The van der Waals surface area contributed by atoms with Gasteiger partial charge in [0.05, 0.1) is 23.0 Å². The summed E-state index contributed by atoms with van der Waals surface area (Å²) in [6, 6.07) is 24.3. The molecule has 0 saturated carbocycles. The van der Waals surface area contributed by atoms with Gasteiger partial charge in [-0.25, -0.2) is 14.6 Å². The average molecular weight is 435 g/mol. The van der Waals surface area contributed by atoms with Gasteiger partial charge in [0.25, 0.3) is 0 Å². The van der Waals surface area contributed by atoms with Crippen LogP contribution < -0.4 is 0 Å². The van der Waals surface area contributed by atoms with E-state index in [1.165, 1.54) is 40.3 Å². The highest BCUT2D eigenvalue weighted by Crippen LogP contribution is 2.37. The van der Waals surface area contributed by atoms with E-state index in [4.69, 9.17) is 0 Å². The monoisotopic (exact) mass is 434 g/mol. The highest BCUT2D eigenvalue weighted by molar-refractivity contribution is 8.00. The van der Waals surface area contributed by atoms with Crippen LogP contribution in [-0.2, 0) is 6.42 Å². The molecule has 0 spiro atoms. The van der Waals surface area contributed by atoms with Crippen LogP contribution in [-0.4, -0.2) is 31.3 Å². The molecule has 6 heteroatoms. The number of hydrogen-bond acceptors (Lipinski definition) is 5. The molecule has 5 nitrogen and oxygen atoms in total. The van der Waals surface area contributed by atoms with E-state index in [0.717, 1.165) is 33.7 Å². The normalized spacial score (nSPS) is 12.0. The number of nitrogens with zero attached hydrogens (tertiary/aromatic N) is 4. The molecular formula is C26H18N4OS. The summed E-state index contributed by atoms with van der Waals surface area (Å²) in [5, 5.41) is 6.09. The maximum Gasteiger partial charge on any atom is 0.173 e. The minimum atomic E-state index is 0.0874. The summed E-state index contributed by atoms with van der Waals surface area (Å²) in [5.41, 5.74) is 7.40. The van der Waals surface area contributed by atoms with Crippen LogP contribution in [0, 0.1) is 0 Å². The van der Waals surface area contributed by atoms with Crippen LogP contribution in [0.5, 0.6) is 0 Å². The van der Waals surface area contributed by atoms with Gasteiger partial charge in [-0.2, -0.15) is 5.10 Å². The Balaban J connectivity index is 1.25. The van der Waals surface area contributed by atoms with Crippen molar-refractivity contribution in [1.82, 2.24) is 19.7 Å². The molecule has 3 aromatic carbocycles. The van der Waals surface area contributed by atoms with E-state index in [-0.39, 0.29) is 5.78 Å². The predicted molar refractivity (Wildman–Crippen MR) is 126 cm³/mol. The van der Waals surface area contributed by atoms with Crippen LogP contribution in [0.25, 0.3) is 27.8 Å². The summed E-state index contributed by atoms with van der Waals surface area (Å²) < 4.78 is 1.79. The maximum absolute atomic E-state index is 13.0. The van der Waals surface area contributed by atoms with E-state index in [1.807, 2.05) is 48.5 Å². The number of ketones is 1. The molecule has 5 aromatic rings. The molecule has 2 aromatic heterocycles. The SMILES string of the molecule is O=C(CSc1ncnc2c1cnn2-c1ccccc1)c1ccc2c(c1)-c1ccccc1C2. The van der Waals surface area contributed by atoms with Gasteiger partial charge in [0.15, 0.2) is 11.4 Å². The topological polar surface area (TPSA) is 60.7 Å². The van der Waals surface area contributed by atoms with Gasteiger partial charge >= 0.3 is 0 Å². The van der Waals surface area contributed by atoms with Gasteiger partial charge in [-0.15, -0.1) is 0 Å². The van der Waals surface area contributed by atoms with Crippen molar-refractivity contribution in [2.45, 2.75) is 11.4 Å². The van der Waals surface area contributed by atoms with Crippen molar-refractivity contribution in [1.29, 1.82) is 0 Å². The largest absolute Gasteiger partial charge is 0.293 e. The lowest BCUT2D eigenvalue weighted by Gasteiger charge is -2.06. The lowest BCUT2D eigenvalue weighted by Crippen LogP contribution is -2.03. The fourth-order valence-corrected chi connectivity index (χ4v) is 5.07. The average Bonchev–Trinajstić information content (AvgIpc) is 3.44. The van der Waals surface area contributed by atoms with Crippen LogP contribution in [0.4, 0.5) is 0 Å². The number of thioether (sulfide) groups is 1. The zero-order valence-electron chi connectivity index (χ0n) is 17.1. The van der Waals surface area contributed by atoms with Crippen molar-refractivity contribution in [3.63, 3.8) is 0 Å². The first kappa shape index (κ1) is 19.0. The molecule has 0 N–H and O–H groups in total. The molecule has 0 radical (unpaired) electrons. The number of rotatable bonds is 5. The Morgan fingerprint density at radius 3 is 2.62 bits per heavy atom. The molecule has 0 fully saturated rings. The van der Waals surface area contributed by atoms with Crippen LogP contribution in [0.3, 0.4) is 0 Å². The molecule has 0 unspecified atom stereocenters. The van der Waals surface area contributed by atoms with Crippen molar-refractivity contribution in [3.05, 3.63) is 102 Å². The van der Waals surface area contributed by atoms with Gasteiger partial charge in [-0.3, -0.25) is 4.79 Å². The van der Waals surface area contributed by atoms with Crippen molar-refractivity contribution in [2.24, 2.45) is 0 Å². The molecule has 6 rings (SSSR count). The van der Waals surface area contributed by atoms with E-state index >= 15 is 0 Å². The molecular weight excluding hydrogens is 416 g/mol. The Hall–Kier alpha value is -3.77. The summed E-state index contributed by atoms with van der Waals surface area (Å²) in [6.07, 6.45) is 4.23. The summed E-state index contributed by atoms with van der Waals surface area (Å²) in [6.45, 7) is 0. The number of fused-ring (bicyclic) bond motifs is 4. The summed E-state index contributed by atoms with van der Waals surface area (Å²) in [7, 11) is 0. The predicted octanol–water partition coefficient (Wildman–Crippen LogP) is 5.36. The van der Waals surface area contributed by atoms with E-state index in [1.54, 1.807) is 10.9 Å². The summed E-state index contributed by atoms with van der Waals surface area (Å²) in [5.74, 6) is 0.396. The van der Waals surface area contributed by atoms with Gasteiger partial charge in [0.2, 0.25) is 0 Å². The first-order valence-corrected chi connectivity index (χ1v) is 11.4. The molecule has 2 heterocycles. The Kier molecular flexibility index (Phi) is 4.58. The highest BCUT2D eigenvalue weighted by atomic mass is 32.2. The standard InChI is InChI=1S/C26H18N4OS/c31-24(19-11-10-18-12-17-6-4-5-9-21(17)22(18)13-19)15-32-26-23-14-29-30(25(23)27-16-28-26)20-7-2-1-3-8-20/h1-11,13-14,16H,12,15H2. The van der Waals surface area contributed by atoms with Crippen molar-refractivity contribution in [3.8, 4) is 16.8 Å². The lowest BCUT2D eigenvalue weighted by atomic mass is 10.0. The fourth-order valence-electron chi connectivity index (χ4n) is 4.21. The Morgan fingerprint density at radius 2 is 1.72 bits per heavy atom. The Labute approximate surface area is 189 Å². The van der Waals surface area contributed by atoms with Gasteiger partial charge < -0.3 is 0 Å². The maximum atomic E-state index is 13.0. The number of para-hydroxylation sites is 1. The smallest absolute Gasteiger partial charge is 0.173 e. The molecule has 1 aliphatic carbocycles. The zero-order chi connectivity index (χ0) is 21.5. The van der Waals surface area contributed by atoms with E-state index in [2.05, 4.69) is 39.3 Å². The fraction of sp³-hybridized carbons (Fsp3) is 0.0769. The number of hydrogen-bond donors (Lipinski definition) is 0. The van der Waals surface area contributed by atoms with Gasteiger partial charge in [0.1, 0.15) is 11.4 Å². The lowest BCUT2D eigenvalue weighted by molar-refractivity contribution is 0.102. The van der Waals surface area contributed by atoms with Gasteiger partial charge in [-0.05, 0) is 46.9 Å². The molecule has 0 bridgehead atoms. The van der Waals surface area contributed by atoms with E-state index in [9.17, 15) is 4.79 Å². The third-order valence-electron chi connectivity index (χ3n) is 5.79. The van der Waals surface area contributed by atoms with Crippen molar-refractivity contribution >= 4 is 28.6 Å². The first-order chi connectivity index (χ1) is 15.8. The third-order valence-corrected chi connectivity index (χ3v) is 6.80. The van der Waals surface area contributed by atoms with Crippen LogP contribution in [0.15, 0.2) is 90.3 Å². The first-order valence-electron chi connectivity index (χ1n) is 10.4. The van der Waals surface area contributed by atoms with E-state index in [0.29, 0.717) is 5.75 Å². The van der Waals surface area contributed by atoms with Crippen LogP contribution in [0.1, 0.15) is 21.5 Å². The molecule has 0 amide bonds. The molecule has 0 saturated heterocycles. The van der Waals surface area contributed by atoms with Crippen LogP contribution in [0.2, 0.25) is 0 Å². The quantitative estimate of drug-likeness (QED) is 0.208. The molecule has 32 heavy (non-hydrogen) atoms. The van der Waals surface area contributed by atoms with Crippen molar-refractivity contribution < 1.29 is 4.79 Å². The number of Topliss-reactive ketones (excluding diaryl/α,β-unsaturated/α-hetero) is 1. The third kappa shape index (κ3) is 3.20. The number of benzene rings is 3. The second-order valence-corrected chi connectivity index (χ2v) is 8.69. The minimum absolute atomic E-state index is 0.0874. The van der Waals surface area contributed by atoms with E-state index < -0.39 is 0 Å².